The van der Waals surface area contributed by atoms with Crippen molar-refractivity contribution in [2.24, 2.45) is 0 Å². The Balaban J connectivity index is 1.91. The van der Waals surface area contributed by atoms with Gasteiger partial charge in [-0.3, -0.25) is 4.79 Å². The van der Waals surface area contributed by atoms with Crippen LogP contribution in [0.15, 0.2) is 40.9 Å². The van der Waals surface area contributed by atoms with Crippen LogP contribution in [0, 0.1) is 19.7 Å². The lowest BCUT2D eigenvalue weighted by Gasteiger charge is -2.16. The molecule has 2 aromatic carbocycles. The Morgan fingerprint density at radius 1 is 1.16 bits per heavy atom. The van der Waals surface area contributed by atoms with E-state index in [1.807, 2.05) is 39.0 Å². The van der Waals surface area contributed by atoms with Gasteiger partial charge in [-0.1, -0.05) is 34.1 Å². The van der Waals surface area contributed by atoms with E-state index in [2.05, 4.69) is 21.2 Å². The average Bonchev–Trinajstić information content (AvgIpc) is 2.55. The number of hydrogen-bond acceptors (Lipinski definition) is 3. The average molecular weight is 408 g/mol. The topological polar surface area (TPSA) is 55.4 Å². The van der Waals surface area contributed by atoms with Gasteiger partial charge in [0.15, 0.2) is 6.61 Å². The number of aryl methyl sites for hydroxylation is 2. The molecule has 0 aliphatic carbocycles. The van der Waals surface area contributed by atoms with E-state index in [0.717, 1.165) is 11.1 Å². The summed E-state index contributed by atoms with van der Waals surface area (Å²) in [7, 11) is 0. The summed E-state index contributed by atoms with van der Waals surface area (Å²) < 4.78 is 19.1. The summed E-state index contributed by atoms with van der Waals surface area (Å²) in [6.07, 6.45) is 0. The molecule has 0 spiro atoms. The quantitative estimate of drug-likeness (QED) is 0.754. The number of esters is 1. The first-order chi connectivity index (χ1) is 11.8. The number of hydrogen-bond donors (Lipinski definition) is 1. The summed E-state index contributed by atoms with van der Waals surface area (Å²) in [6, 6.07) is 9.70. The maximum absolute atomic E-state index is 13.7. The second-order valence-corrected chi connectivity index (χ2v) is 6.75. The molecule has 0 saturated carbocycles. The molecule has 0 bridgehead atoms. The Labute approximate surface area is 154 Å². The highest BCUT2D eigenvalue weighted by molar-refractivity contribution is 9.10. The molecule has 1 atom stereocenters. The van der Waals surface area contributed by atoms with E-state index < -0.39 is 24.3 Å². The largest absolute Gasteiger partial charge is 0.452 e. The molecule has 6 heteroatoms. The molecular formula is C19H19BrFNO3. The zero-order valence-electron chi connectivity index (χ0n) is 14.2. The monoisotopic (exact) mass is 407 g/mol. The molecular weight excluding hydrogens is 389 g/mol. The number of amides is 1. The summed E-state index contributed by atoms with van der Waals surface area (Å²) >= 11 is 3.11. The number of halogens is 2. The number of benzene rings is 2. The number of ether oxygens (including phenoxy) is 1. The van der Waals surface area contributed by atoms with Gasteiger partial charge in [-0.2, -0.15) is 0 Å². The lowest BCUT2D eigenvalue weighted by atomic mass is 10.0. The summed E-state index contributed by atoms with van der Waals surface area (Å²) in [5.41, 5.74) is 3.06. The first kappa shape index (κ1) is 19.1. The van der Waals surface area contributed by atoms with Crippen molar-refractivity contribution in [2.45, 2.75) is 26.8 Å². The minimum Gasteiger partial charge on any atom is -0.452 e. The fourth-order valence-corrected chi connectivity index (χ4v) is 2.60. The molecule has 25 heavy (non-hydrogen) atoms. The third-order valence-corrected chi connectivity index (χ3v) is 4.39. The Bertz CT molecular complexity index is 807. The van der Waals surface area contributed by atoms with Crippen molar-refractivity contribution in [3.05, 3.63) is 68.9 Å². The molecule has 0 aliphatic heterocycles. The number of rotatable bonds is 5. The Hall–Kier alpha value is -2.21. The molecule has 2 rings (SSSR count). The highest BCUT2D eigenvalue weighted by Crippen LogP contribution is 2.17. The number of carbonyl (C=O) groups excluding carboxylic acids is 2. The van der Waals surface area contributed by atoms with Crippen LogP contribution in [0.2, 0.25) is 0 Å². The van der Waals surface area contributed by atoms with E-state index in [-0.39, 0.29) is 11.6 Å². The lowest BCUT2D eigenvalue weighted by molar-refractivity contribution is -0.124. The molecule has 132 valence electrons. The van der Waals surface area contributed by atoms with Crippen molar-refractivity contribution in [3.8, 4) is 0 Å². The molecule has 1 amide bonds. The lowest BCUT2D eigenvalue weighted by Crippen LogP contribution is -2.31. The van der Waals surface area contributed by atoms with Gasteiger partial charge in [0.1, 0.15) is 5.82 Å². The van der Waals surface area contributed by atoms with Crippen molar-refractivity contribution >= 4 is 27.8 Å². The predicted molar refractivity (Wildman–Crippen MR) is 96.9 cm³/mol. The normalized spacial score (nSPS) is 11.7. The second-order valence-electron chi connectivity index (χ2n) is 5.83. The molecule has 0 saturated heterocycles. The van der Waals surface area contributed by atoms with Gasteiger partial charge < -0.3 is 10.1 Å². The molecule has 0 aliphatic rings. The molecule has 0 heterocycles. The van der Waals surface area contributed by atoms with Gasteiger partial charge in [0.2, 0.25) is 0 Å². The minimum atomic E-state index is -0.876. The smallest absolute Gasteiger partial charge is 0.341 e. The minimum absolute atomic E-state index is 0.210. The van der Waals surface area contributed by atoms with Gasteiger partial charge in [-0.25, -0.2) is 9.18 Å². The van der Waals surface area contributed by atoms with Crippen LogP contribution < -0.4 is 5.32 Å². The van der Waals surface area contributed by atoms with Crippen LogP contribution in [0.1, 0.15) is 40.0 Å². The van der Waals surface area contributed by atoms with Crippen molar-refractivity contribution < 1.29 is 18.7 Å². The summed E-state index contributed by atoms with van der Waals surface area (Å²) in [5.74, 6) is -2.03. The van der Waals surface area contributed by atoms with E-state index >= 15 is 0 Å². The van der Waals surface area contributed by atoms with Gasteiger partial charge >= 0.3 is 5.97 Å². The van der Waals surface area contributed by atoms with Gasteiger partial charge in [-0.05, 0) is 55.7 Å². The summed E-state index contributed by atoms with van der Waals surface area (Å²) in [4.78, 5) is 23.8. The van der Waals surface area contributed by atoms with E-state index in [1.54, 1.807) is 0 Å². The van der Waals surface area contributed by atoms with Crippen LogP contribution in [-0.2, 0) is 9.53 Å². The zero-order chi connectivity index (χ0) is 18.6. The van der Waals surface area contributed by atoms with E-state index in [4.69, 9.17) is 4.74 Å². The van der Waals surface area contributed by atoms with Crippen LogP contribution in [0.4, 0.5) is 4.39 Å². The Kier molecular flexibility index (Phi) is 6.31. The van der Waals surface area contributed by atoms with Crippen molar-refractivity contribution in [1.82, 2.24) is 5.32 Å². The third-order valence-electron chi connectivity index (χ3n) is 3.89. The standard InChI is InChI=1S/C19H19BrFNO3/c1-11-4-5-14(8-12(11)2)13(3)22-18(23)10-25-19(24)16-7-6-15(20)9-17(16)21/h4-9,13H,10H2,1-3H3,(H,22,23)/t13-/m0/s1. The van der Waals surface area contributed by atoms with Gasteiger partial charge in [0.05, 0.1) is 11.6 Å². The van der Waals surface area contributed by atoms with Gasteiger partial charge in [0.25, 0.3) is 5.91 Å². The first-order valence-corrected chi connectivity index (χ1v) is 8.56. The summed E-state index contributed by atoms with van der Waals surface area (Å²) in [5, 5.41) is 2.76. The van der Waals surface area contributed by atoms with E-state index in [9.17, 15) is 14.0 Å². The number of carbonyl (C=O) groups is 2. The first-order valence-electron chi connectivity index (χ1n) is 7.76. The molecule has 0 radical (unpaired) electrons. The molecule has 2 aromatic rings. The Morgan fingerprint density at radius 2 is 1.88 bits per heavy atom. The van der Waals surface area contributed by atoms with Crippen LogP contribution in [0.25, 0.3) is 0 Å². The molecule has 0 unspecified atom stereocenters. The second kappa shape index (κ2) is 8.25. The maximum Gasteiger partial charge on any atom is 0.341 e. The maximum atomic E-state index is 13.7. The van der Waals surface area contributed by atoms with Gasteiger partial charge in [-0.15, -0.1) is 0 Å². The third kappa shape index (κ3) is 5.13. The van der Waals surface area contributed by atoms with Crippen LogP contribution in [0.3, 0.4) is 0 Å². The van der Waals surface area contributed by atoms with Crippen molar-refractivity contribution in [1.29, 1.82) is 0 Å². The fourth-order valence-electron chi connectivity index (χ4n) is 2.26. The molecule has 0 fully saturated rings. The zero-order valence-corrected chi connectivity index (χ0v) is 15.8. The van der Waals surface area contributed by atoms with E-state index in [1.165, 1.54) is 23.8 Å². The molecule has 4 nitrogen and oxygen atoms in total. The van der Waals surface area contributed by atoms with Crippen LogP contribution in [-0.4, -0.2) is 18.5 Å². The fraction of sp³-hybridized carbons (Fsp3) is 0.263. The Morgan fingerprint density at radius 3 is 2.52 bits per heavy atom. The van der Waals surface area contributed by atoms with Crippen molar-refractivity contribution in [2.75, 3.05) is 6.61 Å². The number of nitrogens with one attached hydrogen (secondary N) is 1. The van der Waals surface area contributed by atoms with Gasteiger partial charge in [0, 0.05) is 4.47 Å². The van der Waals surface area contributed by atoms with E-state index in [0.29, 0.717) is 4.47 Å². The van der Waals surface area contributed by atoms with Crippen molar-refractivity contribution in [3.63, 3.8) is 0 Å². The highest BCUT2D eigenvalue weighted by atomic mass is 79.9. The van der Waals surface area contributed by atoms with Crippen LogP contribution >= 0.6 is 15.9 Å². The SMILES string of the molecule is Cc1ccc([C@H](C)NC(=O)COC(=O)c2ccc(Br)cc2F)cc1C. The summed E-state index contributed by atoms with van der Waals surface area (Å²) in [6.45, 7) is 5.40. The van der Waals surface area contributed by atoms with Crippen LogP contribution in [0.5, 0.6) is 0 Å². The molecule has 0 aromatic heterocycles. The molecule has 1 N–H and O–H groups in total. The predicted octanol–water partition coefficient (Wildman–Crippen LogP) is 4.24. The highest BCUT2D eigenvalue weighted by Gasteiger charge is 2.16.